The predicted molar refractivity (Wildman–Crippen MR) is 230 cm³/mol. The van der Waals surface area contributed by atoms with Crippen molar-refractivity contribution in [3.63, 3.8) is 0 Å². The number of rotatable bonds is 4. The van der Waals surface area contributed by atoms with Crippen molar-refractivity contribution in [2.75, 3.05) is 0 Å². The molecule has 0 amide bonds. The van der Waals surface area contributed by atoms with Gasteiger partial charge in [0.2, 0.25) is 0 Å². The van der Waals surface area contributed by atoms with Crippen LogP contribution >= 0.6 is 0 Å². The van der Waals surface area contributed by atoms with Gasteiger partial charge in [0.05, 0.1) is 0 Å². The first kappa shape index (κ1) is 30.4. The van der Waals surface area contributed by atoms with Crippen LogP contribution in [0.4, 0.5) is 0 Å². The van der Waals surface area contributed by atoms with E-state index in [2.05, 4.69) is 194 Å². The number of hydrogen-bond donors (Lipinski definition) is 0. The molecule has 1 aromatic heterocycles. The number of fused-ring (bicyclic) bond motifs is 7. The average molecular weight is 736 g/mol. The number of benzene rings is 10. The Labute approximate surface area is 314 Å². The third kappa shape index (κ3) is 4.75. The minimum absolute atomic E-state index is 0.218. The van der Waals surface area contributed by atoms with Gasteiger partial charge in [-0.3, -0.25) is 0 Å². The van der Waals surface area contributed by atoms with Crippen molar-refractivity contribution >= 4 is 76.9 Å². The molecule has 0 saturated carbocycles. The molecule has 11 rings (SSSR count). The third-order valence-corrected chi connectivity index (χ3v) is 13.4. The van der Waals surface area contributed by atoms with Crippen molar-refractivity contribution in [3.05, 3.63) is 194 Å². The van der Waals surface area contributed by atoms with Crippen molar-refractivity contribution in [1.29, 1.82) is 0 Å². The zero-order valence-electron chi connectivity index (χ0n) is 28.9. The van der Waals surface area contributed by atoms with Gasteiger partial charge in [-0.25, -0.2) is 0 Å². The molecule has 11 aromatic rings. The zero-order valence-corrected chi connectivity index (χ0v) is 30.6. The van der Waals surface area contributed by atoms with Gasteiger partial charge in [0.1, 0.15) is 0 Å². The first-order valence-corrected chi connectivity index (χ1v) is 20.0. The molecule has 0 aliphatic heterocycles. The van der Waals surface area contributed by atoms with Crippen molar-refractivity contribution in [1.82, 2.24) is 0 Å². The summed E-state index contributed by atoms with van der Waals surface area (Å²) in [4.78, 5) is 0. The number of hydrogen-bond acceptors (Lipinski definition) is 0. The first-order chi connectivity index (χ1) is 26.3. The van der Waals surface area contributed by atoms with Gasteiger partial charge < -0.3 is 0 Å². The summed E-state index contributed by atoms with van der Waals surface area (Å²) in [6, 6.07) is 72.0. The van der Waals surface area contributed by atoms with E-state index in [0.717, 1.165) is 0 Å². The maximum atomic E-state index is 2.49. The fourth-order valence-corrected chi connectivity index (χ4v) is 11.2. The molecule has 0 saturated heterocycles. The van der Waals surface area contributed by atoms with Gasteiger partial charge in [-0.2, -0.15) is 0 Å². The second-order valence-corrected chi connectivity index (χ2v) is 16.2. The topological polar surface area (TPSA) is 0 Å². The van der Waals surface area contributed by atoms with Gasteiger partial charge in [0.25, 0.3) is 0 Å². The monoisotopic (exact) mass is 736 g/mol. The Hall–Kier alpha value is -6.24. The van der Waals surface area contributed by atoms with Crippen molar-refractivity contribution in [3.8, 4) is 44.5 Å². The van der Waals surface area contributed by atoms with Crippen LogP contribution in [0.1, 0.15) is 0 Å². The molecular formula is C52H32Se. The van der Waals surface area contributed by atoms with Crippen LogP contribution in [-0.2, 0) is 0 Å². The Balaban J connectivity index is 1.13. The van der Waals surface area contributed by atoms with E-state index in [0.29, 0.717) is 0 Å². The molecule has 0 bridgehead atoms. The molecule has 0 N–H and O–H groups in total. The van der Waals surface area contributed by atoms with Crippen molar-refractivity contribution in [2.24, 2.45) is 0 Å². The van der Waals surface area contributed by atoms with Gasteiger partial charge in [0.15, 0.2) is 0 Å². The van der Waals surface area contributed by atoms with Crippen LogP contribution in [0.25, 0.3) is 107 Å². The van der Waals surface area contributed by atoms with E-state index in [1.54, 1.807) is 0 Å². The molecule has 0 unspecified atom stereocenters. The summed E-state index contributed by atoms with van der Waals surface area (Å²) in [6.07, 6.45) is 0. The first-order valence-electron chi connectivity index (χ1n) is 18.3. The Bertz CT molecular complexity index is 3090. The van der Waals surface area contributed by atoms with E-state index in [1.807, 2.05) is 0 Å². The van der Waals surface area contributed by atoms with Gasteiger partial charge in [0, 0.05) is 0 Å². The molecule has 0 aliphatic rings. The van der Waals surface area contributed by atoms with E-state index >= 15 is 0 Å². The van der Waals surface area contributed by atoms with Gasteiger partial charge in [-0.1, -0.05) is 0 Å². The Morgan fingerprint density at radius 2 is 0.547 bits per heavy atom. The molecule has 0 radical (unpaired) electrons. The van der Waals surface area contributed by atoms with Crippen molar-refractivity contribution in [2.45, 2.75) is 0 Å². The Kier molecular flexibility index (Phi) is 6.98. The molecule has 0 fully saturated rings. The molecular weight excluding hydrogens is 704 g/mol. The van der Waals surface area contributed by atoms with Crippen LogP contribution in [0.2, 0.25) is 0 Å². The summed E-state index contributed by atoms with van der Waals surface area (Å²) < 4.78 is 2.91. The van der Waals surface area contributed by atoms with Crippen LogP contribution in [0.5, 0.6) is 0 Å². The van der Waals surface area contributed by atoms with Crippen LogP contribution < -0.4 is 0 Å². The maximum absolute atomic E-state index is 2.49. The quantitative estimate of drug-likeness (QED) is 0.125. The second kappa shape index (κ2) is 12.2. The molecule has 0 spiro atoms. The molecule has 0 atom stereocenters. The van der Waals surface area contributed by atoms with E-state index in [-0.39, 0.29) is 14.5 Å². The van der Waals surface area contributed by atoms with E-state index in [1.165, 1.54) is 107 Å². The van der Waals surface area contributed by atoms with Crippen LogP contribution in [0, 0.1) is 0 Å². The van der Waals surface area contributed by atoms with Gasteiger partial charge in [-0.05, 0) is 0 Å². The van der Waals surface area contributed by atoms with Crippen LogP contribution in [-0.4, -0.2) is 14.5 Å². The molecule has 1 heteroatoms. The molecule has 53 heavy (non-hydrogen) atoms. The van der Waals surface area contributed by atoms with Crippen LogP contribution in [0.15, 0.2) is 194 Å². The summed E-state index contributed by atoms with van der Waals surface area (Å²) in [5.74, 6) is 0. The third-order valence-electron chi connectivity index (χ3n) is 11.0. The normalized spacial score (nSPS) is 11.8. The zero-order chi connectivity index (χ0) is 34.9. The standard InChI is InChI=1S/C52H32Se/c1-3-15-33(16-4-1)49-38-19-7-11-23-42(38)51(43-24-12-8-20-39(43)49)35-28-30-47-46(31-35)37-29-27-36(32-48(37)53-47)52-44-25-13-9-21-40(44)50(34-17-5-2-6-18-34)41-22-10-14-26-45(41)52/h1-32H. The molecule has 246 valence electrons. The average Bonchev–Trinajstić information content (AvgIpc) is 3.59. The predicted octanol–water partition coefficient (Wildman–Crippen LogP) is 14.3. The second-order valence-electron chi connectivity index (χ2n) is 13.9. The molecule has 0 aliphatic carbocycles. The summed E-state index contributed by atoms with van der Waals surface area (Å²) in [5, 5.41) is 13.1. The summed E-state index contributed by atoms with van der Waals surface area (Å²) in [5.41, 5.74) is 10.3. The van der Waals surface area contributed by atoms with Gasteiger partial charge in [-0.15, -0.1) is 0 Å². The fraction of sp³-hybridized carbons (Fsp3) is 0. The van der Waals surface area contributed by atoms with Crippen LogP contribution in [0.3, 0.4) is 0 Å². The van der Waals surface area contributed by atoms with Crippen molar-refractivity contribution < 1.29 is 0 Å². The Morgan fingerprint density at radius 3 is 0.962 bits per heavy atom. The fourth-order valence-electron chi connectivity index (χ4n) is 8.80. The minimum atomic E-state index is 0.218. The summed E-state index contributed by atoms with van der Waals surface area (Å²) in [6.45, 7) is 0. The summed E-state index contributed by atoms with van der Waals surface area (Å²) >= 11 is 0.218. The summed E-state index contributed by atoms with van der Waals surface area (Å²) in [7, 11) is 0. The SMILES string of the molecule is c1ccc(-c2c3ccccc3c(-c3ccc4c(c3)[se]c3ccc(-c5c6ccccc6c(-c6ccccc6)c6ccccc56)cc34)c3ccccc23)cc1. The molecule has 1 heterocycles. The van der Waals surface area contributed by atoms with Gasteiger partial charge >= 0.3 is 316 Å². The van der Waals surface area contributed by atoms with E-state index < -0.39 is 0 Å². The van der Waals surface area contributed by atoms with E-state index in [4.69, 9.17) is 0 Å². The molecule has 0 nitrogen and oxygen atoms in total. The van der Waals surface area contributed by atoms with E-state index in [9.17, 15) is 0 Å². The Morgan fingerprint density at radius 1 is 0.208 bits per heavy atom. The molecule has 10 aromatic carbocycles.